The first-order chi connectivity index (χ1) is 14.5. The molecule has 31 heavy (non-hydrogen) atoms. The summed E-state index contributed by atoms with van der Waals surface area (Å²) in [5.74, 6) is 0.202. The molecule has 1 aromatic rings. The van der Waals surface area contributed by atoms with Crippen LogP contribution in [0.5, 0.6) is 0 Å². The Morgan fingerprint density at radius 1 is 1.03 bits per heavy atom. The van der Waals surface area contributed by atoms with Crippen molar-refractivity contribution < 1.29 is 17.5 Å². The third kappa shape index (κ3) is 7.18. The van der Waals surface area contributed by atoms with Crippen LogP contribution in [0.25, 0.3) is 0 Å². The van der Waals surface area contributed by atoms with Crippen molar-refractivity contribution in [3.05, 3.63) is 29.1 Å². The number of morpholine rings is 1. The van der Waals surface area contributed by atoms with Crippen LogP contribution in [0, 0.1) is 5.82 Å². The number of hydrogen-bond acceptors (Lipinski definition) is 4. The molecule has 0 spiro atoms. The van der Waals surface area contributed by atoms with E-state index in [4.69, 9.17) is 4.74 Å². The Bertz CT molecular complexity index is 807. The molecule has 0 aromatic heterocycles. The summed E-state index contributed by atoms with van der Waals surface area (Å²) in [6, 6.07) is 4.03. The van der Waals surface area contributed by atoms with Gasteiger partial charge in [0.25, 0.3) is 0 Å². The summed E-state index contributed by atoms with van der Waals surface area (Å²) in [6.07, 6.45) is 6.23. The lowest BCUT2D eigenvalue weighted by Crippen LogP contribution is -2.46. The molecule has 1 aliphatic rings. The zero-order valence-electron chi connectivity index (χ0n) is 20.3. The number of unbranched alkanes of at least 4 members (excludes halogenated alkanes) is 4. The Morgan fingerprint density at radius 2 is 1.61 bits per heavy atom. The number of rotatable bonds is 10. The Balaban J connectivity index is 1.85. The molecule has 1 saturated heterocycles. The summed E-state index contributed by atoms with van der Waals surface area (Å²) in [6.45, 7) is 13.0. The number of benzene rings is 1. The van der Waals surface area contributed by atoms with Crippen molar-refractivity contribution >= 4 is 15.5 Å². The van der Waals surface area contributed by atoms with E-state index in [2.05, 4.69) is 24.8 Å². The summed E-state index contributed by atoms with van der Waals surface area (Å²) in [7, 11) is -3.03. The zero-order chi connectivity index (χ0) is 23.2. The first-order valence-corrected chi connectivity index (χ1v) is 13.5. The molecule has 178 valence electrons. The molecule has 1 fully saturated rings. The Labute approximate surface area is 189 Å². The van der Waals surface area contributed by atoms with Crippen molar-refractivity contribution in [2.75, 3.05) is 23.7 Å². The van der Waals surface area contributed by atoms with E-state index in [1.54, 1.807) is 20.8 Å². The van der Waals surface area contributed by atoms with Gasteiger partial charge in [-0.2, -0.15) is 0 Å². The van der Waals surface area contributed by atoms with Gasteiger partial charge in [0, 0.05) is 24.3 Å². The van der Waals surface area contributed by atoms with Crippen molar-refractivity contribution in [2.45, 2.75) is 103 Å². The summed E-state index contributed by atoms with van der Waals surface area (Å²) in [5, 5.41) is 0. The number of halogens is 1. The van der Waals surface area contributed by atoms with Gasteiger partial charge in [0.05, 0.1) is 22.7 Å². The molecule has 4 nitrogen and oxygen atoms in total. The van der Waals surface area contributed by atoms with Crippen LogP contribution in [0.1, 0.15) is 84.8 Å². The molecule has 1 aromatic carbocycles. The monoisotopic (exact) mass is 455 g/mol. The minimum atomic E-state index is -3.03. The van der Waals surface area contributed by atoms with E-state index in [-0.39, 0.29) is 23.8 Å². The van der Waals surface area contributed by atoms with E-state index in [1.165, 1.54) is 0 Å². The fraction of sp³-hybridized carbons (Fsp3) is 0.760. The molecule has 0 bridgehead atoms. The van der Waals surface area contributed by atoms with E-state index in [0.29, 0.717) is 12.8 Å². The SMILES string of the molecule is CCc1c(N2C[C@@H](C)O[C@@H](C)C2)ccc(CCCCCCCS(=O)(=O)C(C)(C)C)c1F. The predicted molar refractivity (Wildman–Crippen MR) is 128 cm³/mol. The second kappa shape index (κ2) is 11.1. The number of anilines is 1. The number of nitrogens with zero attached hydrogens (tertiary/aromatic N) is 1. The molecule has 0 saturated carbocycles. The normalized spacial score (nSPS) is 20.3. The van der Waals surface area contributed by atoms with Crippen LogP contribution in [0.3, 0.4) is 0 Å². The van der Waals surface area contributed by atoms with Gasteiger partial charge in [0.2, 0.25) is 0 Å². The van der Waals surface area contributed by atoms with E-state index in [9.17, 15) is 8.42 Å². The average Bonchev–Trinajstić information content (AvgIpc) is 2.66. The quantitative estimate of drug-likeness (QED) is 0.424. The highest BCUT2D eigenvalue weighted by molar-refractivity contribution is 7.92. The highest BCUT2D eigenvalue weighted by Gasteiger charge is 2.28. The van der Waals surface area contributed by atoms with Crippen LogP contribution in [0.4, 0.5) is 10.1 Å². The highest BCUT2D eigenvalue weighted by Crippen LogP contribution is 2.30. The maximum absolute atomic E-state index is 15.2. The molecule has 1 aliphatic heterocycles. The lowest BCUT2D eigenvalue weighted by atomic mass is 9.99. The van der Waals surface area contributed by atoms with Crippen LogP contribution >= 0.6 is 0 Å². The maximum Gasteiger partial charge on any atom is 0.155 e. The zero-order valence-corrected chi connectivity index (χ0v) is 21.2. The van der Waals surface area contributed by atoms with E-state index in [0.717, 1.165) is 62.0 Å². The Kier molecular flexibility index (Phi) is 9.38. The van der Waals surface area contributed by atoms with Gasteiger partial charge < -0.3 is 9.64 Å². The largest absolute Gasteiger partial charge is 0.372 e. The van der Waals surface area contributed by atoms with Crippen molar-refractivity contribution in [1.82, 2.24) is 0 Å². The summed E-state index contributed by atoms with van der Waals surface area (Å²) < 4.78 is 44.7. The van der Waals surface area contributed by atoms with Crippen molar-refractivity contribution in [2.24, 2.45) is 0 Å². The van der Waals surface area contributed by atoms with E-state index in [1.807, 2.05) is 13.0 Å². The maximum atomic E-state index is 15.2. The van der Waals surface area contributed by atoms with Crippen molar-refractivity contribution in [3.63, 3.8) is 0 Å². The first kappa shape index (κ1) is 26.1. The third-order valence-electron chi connectivity index (χ3n) is 6.20. The minimum absolute atomic E-state index is 0.0527. The summed E-state index contributed by atoms with van der Waals surface area (Å²) in [5.41, 5.74) is 2.61. The summed E-state index contributed by atoms with van der Waals surface area (Å²) >= 11 is 0. The minimum Gasteiger partial charge on any atom is -0.372 e. The molecule has 0 N–H and O–H groups in total. The van der Waals surface area contributed by atoms with Crippen LogP contribution < -0.4 is 4.90 Å². The van der Waals surface area contributed by atoms with Crippen molar-refractivity contribution in [3.8, 4) is 0 Å². The number of sulfone groups is 1. The topological polar surface area (TPSA) is 46.6 Å². The van der Waals surface area contributed by atoms with Gasteiger partial charge in [-0.1, -0.05) is 32.3 Å². The molecule has 0 radical (unpaired) electrons. The Morgan fingerprint density at radius 3 is 2.19 bits per heavy atom. The van der Waals surface area contributed by atoms with Gasteiger partial charge in [0.15, 0.2) is 9.84 Å². The number of ether oxygens (including phenoxy) is 1. The third-order valence-corrected chi connectivity index (χ3v) is 8.90. The van der Waals surface area contributed by atoms with Gasteiger partial charge in [-0.05, 0) is 71.9 Å². The lowest BCUT2D eigenvalue weighted by molar-refractivity contribution is -0.00528. The highest BCUT2D eigenvalue weighted by atomic mass is 32.2. The standard InChI is InChI=1S/C25H42FNO3S/c1-7-22-23(27-17-19(2)30-20(3)18-27)15-14-21(24(22)26)13-11-9-8-10-12-16-31(28,29)25(4,5)6/h14-15,19-20H,7-13,16-18H2,1-6H3/t19-,20+. The molecule has 0 amide bonds. The van der Waals surface area contributed by atoms with Gasteiger partial charge in [0.1, 0.15) is 5.82 Å². The first-order valence-electron chi connectivity index (χ1n) is 11.9. The van der Waals surface area contributed by atoms with Crippen LogP contribution in [0.2, 0.25) is 0 Å². The molecule has 2 atom stereocenters. The van der Waals surface area contributed by atoms with E-state index >= 15 is 4.39 Å². The van der Waals surface area contributed by atoms with Gasteiger partial charge in [-0.3, -0.25) is 0 Å². The lowest BCUT2D eigenvalue weighted by Gasteiger charge is -2.38. The number of hydrogen-bond donors (Lipinski definition) is 0. The van der Waals surface area contributed by atoms with Gasteiger partial charge in [-0.15, -0.1) is 0 Å². The second-order valence-corrected chi connectivity index (χ2v) is 12.9. The molecule has 1 heterocycles. The second-order valence-electron chi connectivity index (χ2n) is 10.0. The molecule has 0 aliphatic carbocycles. The van der Waals surface area contributed by atoms with Gasteiger partial charge >= 0.3 is 0 Å². The molecule has 6 heteroatoms. The summed E-state index contributed by atoms with van der Waals surface area (Å²) in [4.78, 5) is 2.26. The predicted octanol–water partition coefficient (Wildman–Crippen LogP) is 5.71. The van der Waals surface area contributed by atoms with Crippen molar-refractivity contribution in [1.29, 1.82) is 0 Å². The molecule has 0 unspecified atom stereocenters. The van der Waals surface area contributed by atoms with E-state index < -0.39 is 14.6 Å². The molecule has 2 rings (SSSR count). The van der Waals surface area contributed by atoms with Crippen LogP contribution in [-0.4, -0.2) is 44.2 Å². The van der Waals surface area contributed by atoms with Crippen LogP contribution in [0.15, 0.2) is 12.1 Å². The van der Waals surface area contributed by atoms with Gasteiger partial charge in [-0.25, -0.2) is 12.8 Å². The fourth-order valence-corrected chi connectivity index (χ4v) is 5.50. The Hall–Kier alpha value is -1.14. The smallest absolute Gasteiger partial charge is 0.155 e. The molecular weight excluding hydrogens is 413 g/mol. The average molecular weight is 456 g/mol. The van der Waals surface area contributed by atoms with Crippen LogP contribution in [-0.2, 0) is 27.4 Å². The molecular formula is C25H42FNO3S. The number of aryl methyl sites for hydroxylation is 1. The fourth-order valence-electron chi connectivity index (χ4n) is 4.30.